The average Bonchev–Trinajstić information content (AvgIpc) is 2.09. The summed E-state index contributed by atoms with van der Waals surface area (Å²) in [5.74, 6) is 0. The summed E-state index contributed by atoms with van der Waals surface area (Å²) in [6, 6.07) is -14.1. The van der Waals surface area contributed by atoms with Crippen LogP contribution in [0.1, 0.15) is 0 Å². The van der Waals surface area contributed by atoms with Crippen molar-refractivity contribution in [2.45, 2.75) is 38.0 Å². The smallest absolute Gasteiger partial charge is 0.191 e. The van der Waals surface area contributed by atoms with E-state index in [1.807, 2.05) is 0 Å². The van der Waals surface area contributed by atoms with Gasteiger partial charge in [-0.2, -0.15) is 57.1 Å². The molecule has 0 aromatic heterocycles. The Hall–Kier alpha value is -0.990. The van der Waals surface area contributed by atoms with Crippen molar-refractivity contribution < 1.29 is 57.1 Å². The van der Waals surface area contributed by atoms with E-state index in [1.165, 1.54) is 0 Å². The summed E-state index contributed by atoms with van der Waals surface area (Å²) in [6.45, 7) is -15.4. The van der Waals surface area contributed by atoms with Gasteiger partial charge in [-0.1, -0.05) is 4.90 Å². The van der Waals surface area contributed by atoms with Crippen LogP contribution in [-0.4, -0.2) is 47.8 Å². The molecule has 0 atom stereocenters. The summed E-state index contributed by atoms with van der Waals surface area (Å²) in [5, 5.41) is 0. The highest BCUT2D eigenvalue weighted by Gasteiger charge is 2.74. The highest BCUT2D eigenvalue weighted by Crippen LogP contribution is 2.47. The molecule has 0 aromatic rings. The van der Waals surface area contributed by atoms with Crippen LogP contribution in [0.3, 0.4) is 0 Å². The molecule has 0 saturated carbocycles. The number of rotatable bonds is 6. The van der Waals surface area contributed by atoms with Crippen LogP contribution in [0.15, 0.2) is 0 Å². The van der Waals surface area contributed by atoms with Gasteiger partial charge < -0.3 is 0 Å². The van der Waals surface area contributed by atoms with Gasteiger partial charge in [-0.3, -0.25) is 0 Å². The molecule has 0 aromatic carbocycles. The number of nitrogens with zero attached hydrogens (tertiary/aromatic N) is 2. The van der Waals surface area contributed by atoms with Gasteiger partial charge in [-0.05, 0) is 0 Å². The van der Waals surface area contributed by atoms with E-state index < -0.39 is 47.8 Å². The minimum absolute atomic E-state index is 2.92. The Morgan fingerprint density at radius 2 is 0.857 bits per heavy atom. The Morgan fingerprint density at radius 1 is 0.524 bits per heavy atom. The molecule has 0 aliphatic heterocycles. The Kier molecular flexibility index (Phi) is 5.73. The molecular formula is C6H3F13N2. The molecule has 0 spiro atoms. The van der Waals surface area contributed by atoms with Gasteiger partial charge in [-0.25, -0.2) is 0 Å². The zero-order valence-electron chi connectivity index (χ0n) is 9.04. The molecule has 128 valence electrons. The van der Waals surface area contributed by atoms with E-state index in [2.05, 4.69) is 0 Å². The standard InChI is InChI=1S/C6H3F13N2/c7-1(8)20(2(9)10)4(13,14)5(15,16)21(3(11)12)6(17,18)19/h1-3H. The van der Waals surface area contributed by atoms with Crippen molar-refractivity contribution in [3.63, 3.8) is 0 Å². The molecule has 0 heterocycles. The molecule has 0 radical (unpaired) electrons. The molecule has 0 N–H and O–H groups in total. The van der Waals surface area contributed by atoms with E-state index in [0.717, 1.165) is 0 Å². The summed E-state index contributed by atoms with van der Waals surface area (Å²) in [7, 11) is 0. The van der Waals surface area contributed by atoms with Crippen molar-refractivity contribution in [1.29, 1.82) is 0 Å². The largest absolute Gasteiger partial charge is 0.469 e. The Balaban J connectivity index is 5.93. The lowest BCUT2D eigenvalue weighted by atomic mass is 10.3. The second-order valence-electron chi connectivity index (χ2n) is 3.16. The van der Waals surface area contributed by atoms with Crippen LogP contribution in [0, 0.1) is 0 Å². The topological polar surface area (TPSA) is 6.48 Å². The lowest BCUT2D eigenvalue weighted by Crippen LogP contribution is -2.68. The first-order valence-corrected chi connectivity index (χ1v) is 4.33. The van der Waals surface area contributed by atoms with Gasteiger partial charge >= 0.3 is 38.0 Å². The maximum absolute atomic E-state index is 12.9. The molecule has 0 fully saturated rings. The summed E-state index contributed by atoms with van der Waals surface area (Å²) >= 11 is 0. The van der Waals surface area contributed by atoms with Gasteiger partial charge in [0, 0.05) is 0 Å². The zero-order valence-corrected chi connectivity index (χ0v) is 9.04. The maximum Gasteiger partial charge on any atom is 0.469 e. The molecule has 21 heavy (non-hydrogen) atoms. The predicted octanol–water partition coefficient (Wildman–Crippen LogP) is 3.96. The molecule has 0 rings (SSSR count). The summed E-state index contributed by atoms with van der Waals surface area (Å²) in [4.78, 5) is -6.33. The minimum atomic E-state index is -7.10. The fourth-order valence-electron chi connectivity index (χ4n) is 1.02. The zero-order chi connectivity index (χ0) is 17.4. The van der Waals surface area contributed by atoms with E-state index in [-0.39, 0.29) is 0 Å². The quantitative estimate of drug-likeness (QED) is 0.529. The molecule has 0 bridgehead atoms. The minimum Gasteiger partial charge on any atom is -0.191 e. The van der Waals surface area contributed by atoms with Crippen LogP contribution in [0.25, 0.3) is 0 Å². The van der Waals surface area contributed by atoms with Crippen molar-refractivity contribution in [1.82, 2.24) is 9.80 Å². The lowest BCUT2D eigenvalue weighted by molar-refractivity contribution is -0.456. The first-order chi connectivity index (χ1) is 9.08. The molecule has 0 saturated heterocycles. The SMILES string of the molecule is FC(F)N(C(F)F)C(F)(F)C(F)(F)N(C(F)F)C(F)(F)F. The van der Waals surface area contributed by atoms with Gasteiger partial charge in [0.05, 0.1) is 0 Å². The second-order valence-corrected chi connectivity index (χ2v) is 3.16. The third-order valence-electron chi connectivity index (χ3n) is 1.88. The third kappa shape index (κ3) is 3.81. The predicted molar refractivity (Wildman–Crippen MR) is 37.6 cm³/mol. The van der Waals surface area contributed by atoms with Crippen LogP contribution in [0.4, 0.5) is 57.1 Å². The van der Waals surface area contributed by atoms with Crippen LogP contribution in [-0.2, 0) is 0 Å². The lowest BCUT2D eigenvalue weighted by Gasteiger charge is -2.39. The third-order valence-corrected chi connectivity index (χ3v) is 1.88. The first kappa shape index (κ1) is 20.0. The average molecular weight is 350 g/mol. The fourth-order valence-corrected chi connectivity index (χ4v) is 1.02. The number of halogens is 13. The monoisotopic (exact) mass is 350 g/mol. The van der Waals surface area contributed by atoms with E-state index in [9.17, 15) is 57.1 Å². The normalized spacial score (nSPS) is 15.1. The van der Waals surface area contributed by atoms with Gasteiger partial charge in [-0.15, -0.1) is 4.90 Å². The number of hydrogen-bond acceptors (Lipinski definition) is 2. The van der Waals surface area contributed by atoms with Gasteiger partial charge in [0.1, 0.15) is 0 Å². The van der Waals surface area contributed by atoms with Crippen molar-refractivity contribution >= 4 is 0 Å². The first-order valence-electron chi connectivity index (χ1n) is 4.33. The van der Waals surface area contributed by atoms with E-state index in [4.69, 9.17) is 0 Å². The van der Waals surface area contributed by atoms with E-state index >= 15 is 0 Å². The van der Waals surface area contributed by atoms with E-state index in [0.29, 0.717) is 0 Å². The molecule has 0 aliphatic rings. The Labute approximate surface area is 106 Å². The summed E-state index contributed by atoms with van der Waals surface area (Å²) in [5.41, 5.74) is 0. The molecule has 15 heteroatoms. The molecule has 2 nitrogen and oxygen atoms in total. The van der Waals surface area contributed by atoms with Crippen molar-refractivity contribution in [3.05, 3.63) is 0 Å². The number of hydrogen-bond donors (Lipinski definition) is 0. The van der Waals surface area contributed by atoms with Crippen molar-refractivity contribution in [2.75, 3.05) is 0 Å². The summed E-state index contributed by atoms with van der Waals surface area (Å²) in [6.07, 6.45) is -6.82. The molecular weight excluding hydrogens is 347 g/mol. The highest BCUT2D eigenvalue weighted by molar-refractivity contribution is 4.86. The molecule has 0 aliphatic carbocycles. The highest BCUT2D eigenvalue weighted by atomic mass is 19.4. The van der Waals surface area contributed by atoms with Crippen LogP contribution >= 0.6 is 0 Å². The Bertz CT molecular complexity index is 328. The molecule has 0 amide bonds. The number of alkyl halides is 13. The van der Waals surface area contributed by atoms with Gasteiger partial charge in [0.2, 0.25) is 0 Å². The Morgan fingerprint density at radius 3 is 1.05 bits per heavy atom. The van der Waals surface area contributed by atoms with Gasteiger partial charge in [0.15, 0.2) is 0 Å². The fraction of sp³-hybridized carbons (Fsp3) is 1.00. The maximum atomic E-state index is 12.9. The van der Waals surface area contributed by atoms with Gasteiger partial charge in [0.25, 0.3) is 0 Å². The van der Waals surface area contributed by atoms with Crippen LogP contribution in [0.5, 0.6) is 0 Å². The molecule has 0 unspecified atom stereocenters. The van der Waals surface area contributed by atoms with Crippen molar-refractivity contribution in [3.8, 4) is 0 Å². The second kappa shape index (κ2) is 6.02. The summed E-state index contributed by atoms with van der Waals surface area (Å²) < 4.78 is 158. The van der Waals surface area contributed by atoms with Crippen LogP contribution in [0.2, 0.25) is 0 Å². The van der Waals surface area contributed by atoms with E-state index in [1.54, 1.807) is 0 Å². The van der Waals surface area contributed by atoms with Crippen LogP contribution < -0.4 is 0 Å². The van der Waals surface area contributed by atoms with Crippen molar-refractivity contribution in [2.24, 2.45) is 0 Å².